The molecule has 0 atom stereocenters. The van der Waals surface area contributed by atoms with Gasteiger partial charge in [0, 0.05) is 14.1 Å². The molecule has 94 valence electrons. The summed E-state index contributed by atoms with van der Waals surface area (Å²) in [5.74, 6) is -2.45. The molecule has 0 spiro atoms. The van der Waals surface area contributed by atoms with Crippen molar-refractivity contribution in [1.29, 1.82) is 0 Å². The third kappa shape index (κ3) is 2.45. The molecule has 0 radical (unpaired) electrons. The zero-order valence-electron chi connectivity index (χ0n) is 9.56. The van der Waals surface area contributed by atoms with Gasteiger partial charge in [0.15, 0.2) is 0 Å². The molecule has 0 aliphatic heterocycles. The van der Waals surface area contributed by atoms with Crippen LogP contribution in [0.1, 0.15) is 15.9 Å². The van der Waals surface area contributed by atoms with Crippen LogP contribution in [0.25, 0.3) is 0 Å². The number of aryl methyl sites for hydroxylation is 1. The van der Waals surface area contributed by atoms with E-state index in [1.807, 2.05) is 0 Å². The number of benzene rings is 1. The molecule has 0 aromatic heterocycles. The number of hydrogen-bond acceptors (Lipinski definition) is 3. The van der Waals surface area contributed by atoms with Gasteiger partial charge in [0.2, 0.25) is 10.0 Å². The van der Waals surface area contributed by atoms with Gasteiger partial charge in [0.1, 0.15) is 5.82 Å². The van der Waals surface area contributed by atoms with Crippen molar-refractivity contribution in [2.24, 2.45) is 0 Å². The van der Waals surface area contributed by atoms with Crippen LogP contribution in [0.3, 0.4) is 0 Å². The monoisotopic (exact) mass is 261 g/mol. The molecule has 1 aromatic carbocycles. The van der Waals surface area contributed by atoms with Crippen LogP contribution in [0.4, 0.5) is 4.39 Å². The Hall–Kier alpha value is -1.47. The molecular formula is C10H12FNO4S. The molecule has 0 unspecified atom stereocenters. The molecule has 0 aliphatic rings. The molecule has 5 nitrogen and oxygen atoms in total. The van der Waals surface area contributed by atoms with Crippen molar-refractivity contribution in [2.75, 3.05) is 14.1 Å². The number of rotatable bonds is 3. The van der Waals surface area contributed by atoms with E-state index in [2.05, 4.69) is 0 Å². The predicted octanol–water partition coefficient (Wildman–Crippen LogP) is 1.08. The van der Waals surface area contributed by atoms with Gasteiger partial charge < -0.3 is 5.11 Å². The zero-order chi connectivity index (χ0) is 13.4. The van der Waals surface area contributed by atoms with Crippen LogP contribution in [0, 0.1) is 12.7 Å². The third-order valence-corrected chi connectivity index (χ3v) is 4.21. The van der Waals surface area contributed by atoms with Crippen molar-refractivity contribution in [3.63, 3.8) is 0 Å². The number of hydrogen-bond donors (Lipinski definition) is 1. The number of carboxylic acids is 1. The maximum Gasteiger partial charge on any atom is 0.338 e. The number of aromatic carboxylic acids is 1. The molecule has 0 aliphatic carbocycles. The first kappa shape index (κ1) is 13.6. The van der Waals surface area contributed by atoms with Crippen LogP contribution >= 0.6 is 0 Å². The van der Waals surface area contributed by atoms with Gasteiger partial charge in [-0.15, -0.1) is 0 Å². The number of carbonyl (C=O) groups is 1. The lowest BCUT2D eigenvalue weighted by Gasteiger charge is -2.14. The molecule has 0 heterocycles. The quantitative estimate of drug-likeness (QED) is 0.883. The molecule has 0 fully saturated rings. The summed E-state index contributed by atoms with van der Waals surface area (Å²) in [4.78, 5) is 10.5. The van der Waals surface area contributed by atoms with E-state index in [9.17, 15) is 17.6 Å². The van der Waals surface area contributed by atoms with E-state index in [1.165, 1.54) is 21.0 Å². The van der Waals surface area contributed by atoms with Gasteiger partial charge in [0.05, 0.1) is 10.5 Å². The standard InChI is InChI=1S/C10H12FNO4S/c1-6-4-8(11)7(10(13)14)5-9(6)17(15,16)12(2)3/h4-5H,1-3H3,(H,13,14). The van der Waals surface area contributed by atoms with Crippen LogP contribution in [0.2, 0.25) is 0 Å². The fourth-order valence-electron chi connectivity index (χ4n) is 1.29. The molecule has 0 saturated carbocycles. The molecule has 1 aromatic rings. The lowest BCUT2D eigenvalue weighted by molar-refractivity contribution is 0.0691. The average Bonchev–Trinajstić information content (AvgIpc) is 2.15. The normalized spacial score (nSPS) is 11.8. The van der Waals surface area contributed by atoms with Gasteiger partial charge in [-0.3, -0.25) is 0 Å². The van der Waals surface area contributed by atoms with Gasteiger partial charge in [-0.1, -0.05) is 0 Å². The summed E-state index contributed by atoms with van der Waals surface area (Å²) in [6.07, 6.45) is 0. The van der Waals surface area contributed by atoms with Crippen LogP contribution < -0.4 is 0 Å². The van der Waals surface area contributed by atoms with Crippen molar-refractivity contribution in [1.82, 2.24) is 4.31 Å². The molecule has 1 N–H and O–H groups in total. The number of nitrogens with zero attached hydrogens (tertiary/aromatic N) is 1. The SMILES string of the molecule is Cc1cc(F)c(C(=O)O)cc1S(=O)(=O)N(C)C. The second-order valence-electron chi connectivity index (χ2n) is 3.69. The minimum absolute atomic E-state index is 0.168. The summed E-state index contributed by atoms with van der Waals surface area (Å²) in [5, 5.41) is 8.74. The molecule has 0 bridgehead atoms. The lowest BCUT2D eigenvalue weighted by Crippen LogP contribution is -2.23. The smallest absolute Gasteiger partial charge is 0.338 e. The van der Waals surface area contributed by atoms with E-state index < -0.39 is 27.4 Å². The Labute approximate surface area is 98.5 Å². The maximum absolute atomic E-state index is 13.3. The minimum Gasteiger partial charge on any atom is -0.478 e. The summed E-state index contributed by atoms with van der Waals surface area (Å²) in [6.45, 7) is 1.41. The highest BCUT2D eigenvalue weighted by Gasteiger charge is 2.23. The second kappa shape index (κ2) is 4.42. The number of halogens is 1. The topological polar surface area (TPSA) is 74.7 Å². The molecule has 1 rings (SSSR count). The van der Waals surface area contributed by atoms with Crippen molar-refractivity contribution in [2.45, 2.75) is 11.8 Å². The van der Waals surface area contributed by atoms with Crippen molar-refractivity contribution >= 4 is 16.0 Å². The van der Waals surface area contributed by atoms with Gasteiger partial charge in [-0.05, 0) is 24.6 Å². The van der Waals surface area contributed by atoms with Crippen molar-refractivity contribution in [3.05, 3.63) is 29.1 Å². The third-order valence-electron chi connectivity index (χ3n) is 2.25. The molecular weight excluding hydrogens is 249 g/mol. The highest BCUT2D eigenvalue weighted by Crippen LogP contribution is 2.22. The Morgan fingerprint density at radius 1 is 1.35 bits per heavy atom. The average molecular weight is 261 g/mol. The lowest BCUT2D eigenvalue weighted by atomic mass is 10.1. The largest absolute Gasteiger partial charge is 0.478 e. The van der Waals surface area contributed by atoms with Crippen LogP contribution in [-0.2, 0) is 10.0 Å². The van der Waals surface area contributed by atoms with Crippen molar-refractivity contribution in [3.8, 4) is 0 Å². The summed E-state index contributed by atoms with van der Waals surface area (Å²) in [7, 11) is -1.14. The fourth-order valence-corrected chi connectivity index (χ4v) is 2.42. The van der Waals surface area contributed by atoms with Gasteiger partial charge in [-0.25, -0.2) is 21.9 Å². The molecule has 7 heteroatoms. The van der Waals surface area contributed by atoms with E-state index in [-0.39, 0.29) is 10.5 Å². The number of carboxylic acid groups (broad SMARTS) is 1. The summed E-state index contributed by atoms with van der Waals surface area (Å²) < 4.78 is 37.9. The predicted molar refractivity (Wildman–Crippen MR) is 59.0 cm³/mol. The summed E-state index contributed by atoms with van der Waals surface area (Å²) in [5.41, 5.74) is -0.489. The fraction of sp³-hybridized carbons (Fsp3) is 0.300. The molecule has 0 saturated heterocycles. The van der Waals surface area contributed by atoms with Crippen LogP contribution in [-0.4, -0.2) is 37.9 Å². The molecule has 0 amide bonds. The number of sulfonamides is 1. The minimum atomic E-state index is -3.78. The summed E-state index contributed by atoms with van der Waals surface area (Å²) >= 11 is 0. The Balaban J connectivity index is 3.57. The Kier molecular flexibility index (Phi) is 3.53. The first-order valence-corrected chi connectivity index (χ1v) is 6.08. The first-order valence-electron chi connectivity index (χ1n) is 4.64. The van der Waals surface area contributed by atoms with Crippen LogP contribution in [0.15, 0.2) is 17.0 Å². The van der Waals surface area contributed by atoms with E-state index in [0.717, 1.165) is 16.4 Å². The molecule has 17 heavy (non-hydrogen) atoms. The van der Waals surface area contributed by atoms with E-state index in [4.69, 9.17) is 5.11 Å². The Morgan fingerprint density at radius 2 is 1.88 bits per heavy atom. The Bertz CT molecular complexity index is 566. The van der Waals surface area contributed by atoms with E-state index in [0.29, 0.717) is 0 Å². The van der Waals surface area contributed by atoms with Crippen molar-refractivity contribution < 1.29 is 22.7 Å². The van der Waals surface area contributed by atoms with Gasteiger partial charge in [0.25, 0.3) is 0 Å². The van der Waals surface area contributed by atoms with Gasteiger partial charge in [-0.2, -0.15) is 0 Å². The Morgan fingerprint density at radius 3 is 2.29 bits per heavy atom. The highest BCUT2D eigenvalue weighted by molar-refractivity contribution is 7.89. The van der Waals surface area contributed by atoms with Gasteiger partial charge >= 0.3 is 5.97 Å². The second-order valence-corrected chi connectivity index (χ2v) is 5.81. The van der Waals surface area contributed by atoms with E-state index in [1.54, 1.807) is 0 Å². The highest BCUT2D eigenvalue weighted by atomic mass is 32.2. The zero-order valence-corrected chi connectivity index (χ0v) is 10.4. The van der Waals surface area contributed by atoms with Crippen LogP contribution in [0.5, 0.6) is 0 Å². The first-order chi connectivity index (χ1) is 7.67. The maximum atomic E-state index is 13.3. The van der Waals surface area contributed by atoms with E-state index >= 15 is 0 Å². The summed E-state index contributed by atoms with van der Waals surface area (Å²) in [6, 6.07) is 1.74.